The minimum absolute atomic E-state index is 0.0489. The van der Waals surface area contributed by atoms with Gasteiger partial charge in [0.25, 0.3) is 0 Å². The fourth-order valence-corrected chi connectivity index (χ4v) is 4.68. The van der Waals surface area contributed by atoms with Crippen molar-refractivity contribution in [2.45, 2.75) is 30.1 Å². The Labute approximate surface area is 179 Å². The van der Waals surface area contributed by atoms with Gasteiger partial charge < -0.3 is 10.8 Å². The maximum Gasteiger partial charge on any atom is 0.238 e. The Balaban J connectivity index is 1.91. The molecule has 9 heteroatoms. The number of hydrogen-bond donors (Lipinski definition) is 3. The molecule has 8 nitrogen and oxygen atoms in total. The second-order valence-electron chi connectivity index (χ2n) is 7.45. The van der Waals surface area contributed by atoms with Crippen LogP contribution in [0.15, 0.2) is 76.1 Å². The first-order chi connectivity index (χ1) is 14.7. The number of phenolic OH excluding ortho intramolecular Hbond substituents is 1. The van der Waals surface area contributed by atoms with E-state index in [0.717, 1.165) is 0 Å². The molecule has 0 bridgehead atoms. The molecule has 2 aliphatic rings. The summed E-state index contributed by atoms with van der Waals surface area (Å²) in [6.45, 7) is 0. The van der Waals surface area contributed by atoms with E-state index in [0.29, 0.717) is 41.8 Å². The van der Waals surface area contributed by atoms with Gasteiger partial charge in [-0.1, -0.05) is 12.1 Å². The van der Waals surface area contributed by atoms with Crippen molar-refractivity contribution < 1.29 is 18.3 Å². The minimum Gasteiger partial charge on any atom is -0.508 e. The Hall–Kier alpha value is -3.61. The third kappa shape index (κ3) is 3.56. The molecule has 0 saturated heterocycles. The number of carbonyl (C=O) groups excluding carboxylic acids is 1. The van der Waals surface area contributed by atoms with Crippen LogP contribution >= 0.6 is 0 Å². The van der Waals surface area contributed by atoms with E-state index >= 15 is 0 Å². The van der Waals surface area contributed by atoms with Gasteiger partial charge in [0.05, 0.1) is 22.5 Å². The lowest BCUT2D eigenvalue weighted by Gasteiger charge is -2.39. The van der Waals surface area contributed by atoms with E-state index in [-0.39, 0.29) is 27.8 Å². The standard InChI is InChI=1S/C22H20N4O4S/c23-12-17-20(13-4-8-15(27)9-5-13)21-18(2-1-3-19(21)28)26(22(17)24)14-6-10-16(11-7-14)31(25,29)30/h4-11,20,27H,1-3,24H2,(H2,25,29,30). The van der Waals surface area contributed by atoms with Crippen molar-refractivity contribution in [3.8, 4) is 11.8 Å². The minimum atomic E-state index is -3.86. The molecule has 5 N–H and O–H groups in total. The summed E-state index contributed by atoms with van der Waals surface area (Å²) in [5.74, 6) is -0.438. The van der Waals surface area contributed by atoms with Crippen molar-refractivity contribution in [3.05, 3.63) is 76.8 Å². The summed E-state index contributed by atoms with van der Waals surface area (Å²) < 4.78 is 23.2. The van der Waals surface area contributed by atoms with Crippen LogP contribution in [-0.4, -0.2) is 19.3 Å². The monoisotopic (exact) mass is 436 g/mol. The summed E-state index contributed by atoms with van der Waals surface area (Å²) in [6, 6.07) is 14.3. The van der Waals surface area contributed by atoms with Gasteiger partial charge >= 0.3 is 0 Å². The van der Waals surface area contributed by atoms with Crippen molar-refractivity contribution in [2.75, 3.05) is 4.90 Å². The van der Waals surface area contributed by atoms with Gasteiger partial charge in [-0.25, -0.2) is 13.6 Å². The lowest BCUT2D eigenvalue weighted by atomic mass is 9.75. The summed E-state index contributed by atoms with van der Waals surface area (Å²) in [5.41, 5.74) is 9.07. The second kappa shape index (κ2) is 7.58. The average molecular weight is 436 g/mol. The molecule has 0 fully saturated rings. The molecule has 1 aliphatic heterocycles. The van der Waals surface area contributed by atoms with E-state index in [2.05, 4.69) is 6.07 Å². The zero-order chi connectivity index (χ0) is 22.3. The Morgan fingerprint density at radius 2 is 1.71 bits per heavy atom. The summed E-state index contributed by atoms with van der Waals surface area (Å²) >= 11 is 0. The highest BCUT2D eigenvalue weighted by Gasteiger charge is 2.40. The van der Waals surface area contributed by atoms with Gasteiger partial charge in [-0.05, 0) is 54.8 Å². The van der Waals surface area contributed by atoms with Crippen molar-refractivity contribution in [1.29, 1.82) is 5.26 Å². The Kier molecular flexibility index (Phi) is 5.05. The van der Waals surface area contributed by atoms with E-state index in [9.17, 15) is 23.6 Å². The van der Waals surface area contributed by atoms with Crippen LogP contribution in [0.2, 0.25) is 0 Å². The lowest BCUT2D eigenvalue weighted by Crippen LogP contribution is -2.38. The number of Topliss-reactive ketones (excluding diaryl/α,β-unsaturated/α-hetero) is 1. The van der Waals surface area contributed by atoms with Crippen LogP contribution in [-0.2, 0) is 14.8 Å². The quantitative estimate of drug-likeness (QED) is 0.668. The van der Waals surface area contributed by atoms with Crippen LogP contribution in [0.5, 0.6) is 5.75 Å². The molecule has 1 aliphatic carbocycles. The van der Waals surface area contributed by atoms with Crippen LogP contribution in [0.25, 0.3) is 0 Å². The number of nitrogens with two attached hydrogens (primary N) is 2. The number of allylic oxidation sites excluding steroid dienone is 3. The molecule has 1 unspecified atom stereocenters. The predicted octanol–water partition coefficient (Wildman–Crippen LogP) is 2.34. The predicted molar refractivity (Wildman–Crippen MR) is 114 cm³/mol. The number of rotatable bonds is 3. The molecule has 4 rings (SSSR count). The highest BCUT2D eigenvalue weighted by atomic mass is 32.2. The third-order valence-electron chi connectivity index (χ3n) is 5.56. The van der Waals surface area contributed by atoms with Crippen LogP contribution in [0.3, 0.4) is 0 Å². The van der Waals surface area contributed by atoms with Crippen molar-refractivity contribution in [1.82, 2.24) is 0 Å². The first-order valence-corrected chi connectivity index (χ1v) is 11.1. The van der Waals surface area contributed by atoms with E-state index in [1.807, 2.05) is 0 Å². The first kappa shape index (κ1) is 20.7. The van der Waals surface area contributed by atoms with E-state index in [4.69, 9.17) is 10.9 Å². The fourth-order valence-electron chi connectivity index (χ4n) is 4.17. The molecule has 1 heterocycles. The van der Waals surface area contributed by atoms with Gasteiger partial charge in [0.2, 0.25) is 10.0 Å². The second-order valence-corrected chi connectivity index (χ2v) is 9.01. The van der Waals surface area contributed by atoms with E-state index < -0.39 is 15.9 Å². The zero-order valence-electron chi connectivity index (χ0n) is 16.4. The van der Waals surface area contributed by atoms with E-state index in [1.165, 1.54) is 24.3 Å². The maximum atomic E-state index is 13.0. The molecule has 1 atom stereocenters. The number of aromatic hydroxyl groups is 1. The molecule has 0 spiro atoms. The van der Waals surface area contributed by atoms with Gasteiger partial charge in [-0.15, -0.1) is 0 Å². The smallest absolute Gasteiger partial charge is 0.238 e. The van der Waals surface area contributed by atoms with Crippen LogP contribution < -0.4 is 15.8 Å². The number of sulfonamides is 1. The largest absolute Gasteiger partial charge is 0.508 e. The Bertz CT molecular complexity index is 1270. The molecule has 158 valence electrons. The number of benzene rings is 2. The summed E-state index contributed by atoms with van der Waals surface area (Å²) in [5, 5.41) is 24.8. The third-order valence-corrected chi connectivity index (χ3v) is 6.49. The van der Waals surface area contributed by atoms with Crippen LogP contribution in [0.1, 0.15) is 30.7 Å². The number of hydrogen-bond acceptors (Lipinski definition) is 7. The number of nitriles is 1. The van der Waals surface area contributed by atoms with Crippen molar-refractivity contribution in [2.24, 2.45) is 10.9 Å². The number of anilines is 1. The van der Waals surface area contributed by atoms with Gasteiger partial charge in [0, 0.05) is 23.4 Å². The average Bonchev–Trinajstić information content (AvgIpc) is 2.73. The molecular formula is C22H20N4O4S. The normalized spacial score (nSPS) is 19.3. The SMILES string of the molecule is N#CC1=C(N)N(c2ccc(S(N)(=O)=O)cc2)C2=C(C(=O)CCC2)C1c1ccc(O)cc1. The van der Waals surface area contributed by atoms with Gasteiger partial charge in [-0.3, -0.25) is 9.69 Å². The topological polar surface area (TPSA) is 151 Å². The van der Waals surface area contributed by atoms with Crippen LogP contribution in [0.4, 0.5) is 5.69 Å². The van der Waals surface area contributed by atoms with Gasteiger partial charge in [-0.2, -0.15) is 5.26 Å². The first-order valence-electron chi connectivity index (χ1n) is 9.60. The maximum absolute atomic E-state index is 13.0. The number of carbonyl (C=O) groups is 1. The molecule has 31 heavy (non-hydrogen) atoms. The molecule has 2 aromatic rings. The highest BCUT2D eigenvalue weighted by molar-refractivity contribution is 7.89. The molecule has 0 amide bonds. The highest BCUT2D eigenvalue weighted by Crippen LogP contribution is 2.46. The molecule has 0 saturated carbocycles. The molecule has 2 aromatic carbocycles. The van der Waals surface area contributed by atoms with E-state index in [1.54, 1.807) is 29.2 Å². The number of phenols is 1. The molecule has 0 aromatic heterocycles. The summed E-state index contributed by atoms with van der Waals surface area (Å²) in [6.07, 6.45) is 1.58. The fraction of sp³-hybridized carbons (Fsp3) is 0.182. The number of primary sulfonamides is 1. The molecule has 0 radical (unpaired) electrons. The summed E-state index contributed by atoms with van der Waals surface area (Å²) in [7, 11) is -3.86. The zero-order valence-corrected chi connectivity index (χ0v) is 17.3. The Morgan fingerprint density at radius 1 is 1.06 bits per heavy atom. The Morgan fingerprint density at radius 3 is 2.29 bits per heavy atom. The number of ketones is 1. The van der Waals surface area contributed by atoms with Gasteiger partial charge in [0.1, 0.15) is 11.6 Å². The number of nitrogens with zero attached hydrogens (tertiary/aromatic N) is 2. The lowest BCUT2D eigenvalue weighted by molar-refractivity contribution is -0.116. The van der Waals surface area contributed by atoms with Crippen LogP contribution in [0, 0.1) is 11.3 Å². The van der Waals surface area contributed by atoms with Gasteiger partial charge in [0.15, 0.2) is 5.78 Å². The summed E-state index contributed by atoms with van der Waals surface area (Å²) in [4.78, 5) is 14.6. The van der Waals surface area contributed by atoms with Crippen molar-refractivity contribution >= 4 is 21.5 Å². The van der Waals surface area contributed by atoms with Crippen molar-refractivity contribution in [3.63, 3.8) is 0 Å². The molecular weight excluding hydrogens is 416 g/mol.